The highest BCUT2D eigenvalue weighted by atomic mass is 16.3. The number of hydrogen-bond acceptors (Lipinski definition) is 3. The summed E-state index contributed by atoms with van der Waals surface area (Å²) >= 11 is 0. The maximum Gasteiger partial charge on any atom is 0.141 e. The molecule has 0 spiro atoms. The van der Waals surface area contributed by atoms with Gasteiger partial charge in [0.15, 0.2) is 0 Å². The van der Waals surface area contributed by atoms with Crippen molar-refractivity contribution in [2.45, 2.75) is 18.6 Å². The second kappa shape index (κ2) is 3.47. The Morgan fingerprint density at radius 3 is 2.69 bits per heavy atom. The molecule has 71 valence electrons. The SMILES string of the molecule is OC1(N2C=CC=NC2)CC[N]CC1. The lowest BCUT2D eigenvalue weighted by Gasteiger charge is -2.41. The third kappa shape index (κ3) is 1.73. The number of nitrogens with zero attached hydrogens (tertiary/aromatic N) is 3. The van der Waals surface area contributed by atoms with Gasteiger partial charge in [-0.25, -0.2) is 5.32 Å². The highest BCUT2D eigenvalue weighted by Gasteiger charge is 2.34. The van der Waals surface area contributed by atoms with Crippen LogP contribution in [0.4, 0.5) is 0 Å². The van der Waals surface area contributed by atoms with Gasteiger partial charge in [0.1, 0.15) is 12.4 Å². The van der Waals surface area contributed by atoms with E-state index >= 15 is 0 Å². The van der Waals surface area contributed by atoms with Crippen molar-refractivity contribution in [2.75, 3.05) is 19.8 Å². The summed E-state index contributed by atoms with van der Waals surface area (Å²) in [6.07, 6.45) is 6.94. The Morgan fingerprint density at radius 2 is 2.08 bits per heavy atom. The van der Waals surface area contributed by atoms with E-state index in [1.807, 2.05) is 17.2 Å². The third-order valence-corrected chi connectivity index (χ3v) is 2.57. The predicted octanol–water partition coefficient (Wildman–Crippen LogP) is -0.0692. The summed E-state index contributed by atoms with van der Waals surface area (Å²) in [5.74, 6) is 0. The first kappa shape index (κ1) is 8.72. The van der Waals surface area contributed by atoms with E-state index in [2.05, 4.69) is 10.3 Å². The number of aliphatic hydroxyl groups is 1. The lowest BCUT2D eigenvalue weighted by molar-refractivity contribution is -0.103. The first-order chi connectivity index (χ1) is 6.31. The molecule has 4 nitrogen and oxygen atoms in total. The minimum absolute atomic E-state index is 0.562. The fraction of sp³-hybridized carbons (Fsp3) is 0.667. The first-order valence-electron chi connectivity index (χ1n) is 4.60. The summed E-state index contributed by atoms with van der Waals surface area (Å²) in [6, 6.07) is 0. The standard InChI is InChI=1S/C9H14N3O/c13-9(2-5-10-6-3-9)12-7-1-4-11-8-12/h1,4,7,13H,2-3,5-6,8H2. The van der Waals surface area contributed by atoms with Gasteiger partial charge in [0, 0.05) is 38.3 Å². The Bertz CT molecular complexity index is 231. The van der Waals surface area contributed by atoms with Crippen LogP contribution in [-0.2, 0) is 0 Å². The van der Waals surface area contributed by atoms with Crippen molar-refractivity contribution in [1.82, 2.24) is 10.2 Å². The summed E-state index contributed by atoms with van der Waals surface area (Å²) in [5, 5.41) is 14.5. The number of hydrogen-bond donors (Lipinski definition) is 1. The second-order valence-corrected chi connectivity index (χ2v) is 3.44. The zero-order valence-corrected chi connectivity index (χ0v) is 7.56. The van der Waals surface area contributed by atoms with Crippen molar-refractivity contribution in [2.24, 2.45) is 4.99 Å². The van der Waals surface area contributed by atoms with E-state index in [1.54, 1.807) is 6.21 Å². The molecule has 1 fully saturated rings. The van der Waals surface area contributed by atoms with E-state index in [9.17, 15) is 5.11 Å². The molecule has 2 heterocycles. The Labute approximate surface area is 78.0 Å². The summed E-state index contributed by atoms with van der Waals surface area (Å²) in [6.45, 7) is 2.07. The molecule has 0 atom stereocenters. The minimum atomic E-state index is -0.712. The molecule has 13 heavy (non-hydrogen) atoms. The summed E-state index contributed by atoms with van der Waals surface area (Å²) in [5.41, 5.74) is -0.712. The predicted molar refractivity (Wildman–Crippen MR) is 50.4 cm³/mol. The van der Waals surface area contributed by atoms with Crippen LogP contribution in [0.2, 0.25) is 0 Å². The highest BCUT2D eigenvalue weighted by molar-refractivity contribution is 5.71. The van der Waals surface area contributed by atoms with Crippen LogP contribution < -0.4 is 5.32 Å². The zero-order chi connectivity index (χ0) is 9.15. The molecule has 0 saturated carbocycles. The van der Waals surface area contributed by atoms with Crippen LogP contribution in [0.5, 0.6) is 0 Å². The second-order valence-electron chi connectivity index (χ2n) is 3.44. The van der Waals surface area contributed by atoms with Crippen LogP contribution in [0.3, 0.4) is 0 Å². The van der Waals surface area contributed by atoms with Crippen molar-refractivity contribution in [1.29, 1.82) is 0 Å². The molecule has 1 saturated heterocycles. The number of rotatable bonds is 1. The monoisotopic (exact) mass is 180 g/mol. The molecule has 0 unspecified atom stereocenters. The molecular weight excluding hydrogens is 166 g/mol. The van der Waals surface area contributed by atoms with E-state index in [1.165, 1.54) is 0 Å². The quantitative estimate of drug-likeness (QED) is 0.614. The molecule has 4 heteroatoms. The average Bonchev–Trinajstić information content (AvgIpc) is 2.20. The van der Waals surface area contributed by atoms with Crippen molar-refractivity contribution in [3.8, 4) is 0 Å². The van der Waals surface area contributed by atoms with E-state index in [-0.39, 0.29) is 0 Å². The van der Waals surface area contributed by atoms with Crippen molar-refractivity contribution in [3.05, 3.63) is 12.3 Å². The van der Waals surface area contributed by atoms with Gasteiger partial charge in [0.05, 0.1) is 0 Å². The Balaban J connectivity index is 2.04. The van der Waals surface area contributed by atoms with E-state index in [0.717, 1.165) is 13.1 Å². The normalized spacial score (nSPS) is 26.4. The Kier molecular flexibility index (Phi) is 2.33. The zero-order valence-electron chi connectivity index (χ0n) is 7.56. The number of aliphatic imine (C=N–C) groups is 1. The van der Waals surface area contributed by atoms with Gasteiger partial charge in [-0.15, -0.1) is 0 Å². The van der Waals surface area contributed by atoms with Gasteiger partial charge in [-0.3, -0.25) is 4.99 Å². The summed E-state index contributed by atoms with van der Waals surface area (Å²) < 4.78 is 0. The molecule has 1 radical (unpaired) electrons. The molecule has 1 N–H and O–H groups in total. The van der Waals surface area contributed by atoms with Gasteiger partial charge in [-0.2, -0.15) is 0 Å². The number of piperidine rings is 1. The largest absolute Gasteiger partial charge is 0.371 e. The molecule has 0 aromatic carbocycles. The third-order valence-electron chi connectivity index (χ3n) is 2.57. The van der Waals surface area contributed by atoms with Crippen LogP contribution in [-0.4, -0.2) is 41.7 Å². The fourth-order valence-electron chi connectivity index (χ4n) is 1.70. The van der Waals surface area contributed by atoms with Crippen LogP contribution in [0, 0.1) is 0 Å². The lowest BCUT2D eigenvalue weighted by atomic mass is 10.0. The van der Waals surface area contributed by atoms with E-state index in [0.29, 0.717) is 19.5 Å². The van der Waals surface area contributed by atoms with Crippen LogP contribution in [0.25, 0.3) is 0 Å². The minimum Gasteiger partial charge on any atom is -0.371 e. The maximum absolute atomic E-state index is 10.2. The molecule has 0 aliphatic carbocycles. The Morgan fingerprint density at radius 1 is 1.31 bits per heavy atom. The highest BCUT2D eigenvalue weighted by Crippen LogP contribution is 2.24. The molecule has 0 aromatic heterocycles. The van der Waals surface area contributed by atoms with Crippen LogP contribution in [0.15, 0.2) is 17.3 Å². The molecule has 0 aromatic rings. The van der Waals surface area contributed by atoms with E-state index < -0.39 is 5.72 Å². The maximum atomic E-state index is 10.2. The van der Waals surface area contributed by atoms with Gasteiger partial charge in [-0.05, 0) is 6.08 Å². The Hall–Kier alpha value is -0.870. The van der Waals surface area contributed by atoms with Gasteiger partial charge < -0.3 is 10.0 Å². The lowest BCUT2D eigenvalue weighted by Crippen LogP contribution is -2.51. The van der Waals surface area contributed by atoms with Gasteiger partial charge in [0.2, 0.25) is 0 Å². The molecule has 2 rings (SSSR count). The van der Waals surface area contributed by atoms with Crippen LogP contribution >= 0.6 is 0 Å². The fourth-order valence-corrected chi connectivity index (χ4v) is 1.70. The van der Waals surface area contributed by atoms with Crippen LogP contribution in [0.1, 0.15) is 12.8 Å². The summed E-state index contributed by atoms with van der Waals surface area (Å²) in [7, 11) is 0. The summed E-state index contributed by atoms with van der Waals surface area (Å²) in [4.78, 5) is 5.99. The van der Waals surface area contributed by atoms with Crippen molar-refractivity contribution < 1.29 is 5.11 Å². The molecule has 0 bridgehead atoms. The van der Waals surface area contributed by atoms with Gasteiger partial charge in [0.25, 0.3) is 0 Å². The van der Waals surface area contributed by atoms with Gasteiger partial charge in [-0.1, -0.05) is 0 Å². The van der Waals surface area contributed by atoms with Crippen molar-refractivity contribution >= 4 is 6.21 Å². The topological polar surface area (TPSA) is 49.9 Å². The first-order valence-corrected chi connectivity index (χ1v) is 4.60. The van der Waals surface area contributed by atoms with Gasteiger partial charge >= 0.3 is 0 Å². The van der Waals surface area contributed by atoms with E-state index in [4.69, 9.17) is 0 Å². The molecule has 2 aliphatic heterocycles. The molecule has 0 amide bonds. The smallest absolute Gasteiger partial charge is 0.141 e. The molecule has 2 aliphatic rings. The average molecular weight is 180 g/mol. The van der Waals surface area contributed by atoms with Crippen molar-refractivity contribution in [3.63, 3.8) is 0 Å². The molecular formula is C9H14N3O. The number of allylic oxidation sites excluding steroid dienone is 1.